The van der Waals surface area contributed by atoms with E-state index in [1.807, 2.05) is 26.0 Å². The van der Waals surface area contributed by atoms with Crippen LogP contribution < -0.4 is 15.8 Å². The summed E-state index contributed by atoms with van der Waals surface area (Å²) in [4.78, 5) is 12.6. The summed E-state index contributed by atoms with van der Waals surface area (Å²) in [6.07, 6.45) is 1.33. The largest absolute Gasteiger partial charge is 0.351 e. The van der Waals surface area contributed by atoms with Crippen molar-refractivity contribution in [3.05, 3.63) is 35.4 Å². The third kappa shape index (κ3) is 6.09. The van der Waals surface area contributed by atoms with E-state index in [0.717, 1.165) is 5.56 Å². The monoisotopic (exact) mass is 369 g/mol. The van der Waals surface area contributed by atoms with E-state index in [1.54, 1.807) is 26.0 Å². The minimum absolute atomic E-state index is 0.0852. The number of nitrogens with one attached hydrogen (secondary N) is 2. The van der Waals surface area contributed by atoms with Gasteiger partial charge in [-0.3, -0.25) is 4.79 Å². The summed E-state index contributed by atoms with van der Waals surface area (Å²) in [5.41, 5.74) is 6.72. The lowest BCUT2D eigenvalue weighted by Crippen LogP contribution is -2.45. The zero-order valence-corrected chi connectivity index (χ0v) is 16.4. The molecule has 0 aliphatic heterocycles. The SMILES string of the molecule is CCC(CC)(CN)C(=O)NCc1ccccc1CS(=O)(=O)NC(C)C. The predicted octanol–water partition coefficient (Wildman–Crippen LogP) is 1.90. The van der Waals surface area contributed by atoms with Crippen LogP contribution in [0.2, 0.25) is 0 Å². The maximum Gasteiger partial charge on any atom is 0.227 e. The van der Waals surface area contributed by atoms with Gasteiger partial charge in [0.15, 0.2) is 0 Å². The average Bonchev–Trinajstić information content (AvgIpc) is 2.54. The first-order valence-corrected chi connectivity index (χ1v) is 10.4. The minimum Gasteiger partial charge on any atom is -0.351 e. The van der Waals surface area contributed by atoms with Crippen molar-refractivity contribution in [1.29, 1.82) is 0 Å². The maximum atomic E-state index is 12.6. The van der Waals surface area contributed by atoms with Gasteiger partial charge < -0.3 is 11.1 Å². The van der Waals surface area contributed by atoms with Crippen LogP contribution in [-0.4, -0.2) is 26.9 Å². The van der Waals surface area contributed by atoms with Gasteiger partial charge in [0.2, 0.25) is 15.9 Å². The molecule has 25 heavy (non-hydrogen) atoms. The molecule has 0 heterocycles. The van der Waals surface area contributed by atoms with Crippen molar-refractivity contribution in [2.75, 3.05) is 6.54 Å². The smallest absolute Gasteiger partial charge is 0.227 e. The molecule has 1 aromatic rings. The van der Waals surface area contributed by atoms with Crippen molar-refractivity contribution in [2.45, 2.75) is 58.9 Å². The molecule has 0 bridgehead atoms. The lowest BCUT2D eigenvalue weighted by atomic mass is 9.81. The number of rotatable bonds is 10. The Bertz CT molecular complexity index is 660. The lowest BCUT2D eigenvalue weighted by Gasteiger charge is -2.28. The summed E-state index contributed by atoms with van der Waals surface area (Å²) in [5, 5.41) is 2.93. The van der Waals surface area contributed by atoms with E-state index < -0.39 is 15.4 Å². The molecule has 0 aliphatic carbocycles. The third-order valence-electron chi connectivity index (χ3n) is 4.54. The first-order chi connectivity index (χ1) is 11.7. The van der Waals surface area contributed by atoms with Crippen LogP contribution in [0.4, 0.5) is 0 Å². The highest BCUT2D eigenvalue weighted by molar-refractivity contribution is 7.88. The van der Waals surface area contributed by atoms with Gasteiger partial charge in [0.05, 0.1) is 11.2 Å². The highest BCUT2D eigenvalue weighted by atomic mass is 32.2. The van der Waals surface area contributed by atoms with E-state index in [-0.39, 0.29) is 24.2 Å². The Morgan fingerprint density at radius 1 is 1.16 bits per heavy atom. The Labute approximate surface area is 151 Å². The van der Waals surface area contributed by atoms with Crippen LogP contribution in [0.15, 0.2) is 24.3 Å². The average molecular weight is 370 g/mol. The molecule has 0 unspecified atom stereocenters. The van der Waals surface area contributed by atoms with Gasteiger partial charge in [0, 0.05) is 19.1 Å². The fourth-order valence-electron chi connectivity index (χ4n) is 2.79. The molecule has 1 aromatic carbocycles. The zero-order chi connectivity index (χ0) is 19.1. The van der Waals surface area contributed by atoms with Gasteiger partial charge >= 0.3 is 0 Å². The van der Waals surface area contributed by atoms with E-state index in [9.17, 15) is 13.2 Å². The molecule has 0 spiro atoms. The molecule has 4 N–H and O–H groups in total. The fourth-order valence-corrected chi connectivity index (χ4v) is 4.28. The van der Waals surface area contributed by atoms with E-state index in [0.29, 0.717) is 24.9 Å². The standard InChI is InChI=1S/C18H31N3O3S/c1-5-18(6-2,13-19)17(22)20-11-15-9-7-8-10-16(15)12-25(23,24)21-14(3)4/h7-10,14,21H,5-6,11-13,19H2,1-4H3,(H,20,22). The molecule has 7 heteroatoms. The Kier molecular flexibility index (Phi) is 8.05. The van der Waals surface area contributed by atoms with Gasteiger partial charge in [-0.05, 0) is 37.8 Å². The summed E-state index contributed by atoms with van der Waals surface area (Å²) in [6.45, 7) is 8.05. The first-order valence-electron chi connectivity index (χ1n) is 8.74. The van der Waals surface area contributed by atoms with Gasteiger partial charge in [-0.2, -0.15) is 0 Å². The topological polar surface area (TPSA) is 101 Å². The van der Waals surface area contributed by atoms with E-state index >= 15 is 0 Å². The number of hydrogen-bond donors (Lipinski definition) is 3. The lowest BCUT2D eigenvalue weighted by molar-refractivity contribution is -0.131. The molecule has 1 rings (SSSR count). The van der Waals surface area contributed by atoms with Crippen LogP contribution in [-0.2, 0) is 27.1 Å². The Hall–Kier alpha value is -1.44. The maximum absolute atomic E-state index is 12.6. The molecule has 0 aromatic heterocycles. The number of sulfonamides is 1. The van der Waals surface area contributed by atoms with Crippen LogP contribution in [0.3, 0.4) is 0 Å². The van der Waals surface area contributed by atoms with Gasteiger partial charge in [0.25, 0.3) is 0 Å². The van der Waals surface area contributed by atoms with Gasteiger partial charge in [-0.15, -0.1) is 0 Å². The van der Waals surface area contributed by atoms with Gasteiger partial charge in [0.1, 0.15) is 0 Å². The third-order valence-corrected chi connectivity index (χ3v) is 6.07. The second kappa shape index (κ2) is 9.31. The molecule has 0 atom stereocenters. The number of carbonyl (C=O) groups is 1. The highest BCUT2D eigenvalue weighted by Gasteiger charge is 2.33. The fraction of sp³-hybridized carbons (Fsp3) is 0.611. The molecule has 0 saturated carbocycles. The summed E-state index contributed by atoms with van der Waals surface area (Å²) in [6, 6.07) is 7.09. The Morgan fingerprint density at radius 2 is 1.72 bits per heavy atom. The van der Waals surface area contributed by atoms with Crippen LogP contribution in [0.25, 0.3) is 0 Å². The summed E-state index contributed by atoms with van der Waals surface area (Å²) < 4.78 is 26.9. The normalized spacial score (nSPS) is 12.4. The van der Waals surface area contributed by atoms with Crippen LogP contribution >= 0.6 is 0 Å². The second-order valence-corrected chi connectivity index (χ2v) is 8.43. The van der Waals surface area contributed by atoms with Gasteiger partial charge in [-0.25, -0.2) is 13.1 Å². The van der Waals surface area contributed by atoms with Crippen LogP contribution in [0.1, 0.15) is 51.7 Å². The number of nitrogens with two attached hydrogens (primary N) is 1. The minimum atomic E-state index is -3.42. The molecular weight excluding hydrogens is 338 g/mol. The molecule has 1 amide bonds. The van der Waals surface area contributed by atoms with Gasteiger partial charge in [-0.1, -0.05) is 38.1 Å². The number of carbonyl (C=O) groups excluding carboxylic acids is 1. The first kappa shape index (κ1) is 21.6. The molecule has 0 fully saturated rings. The van der Waals surface area contributed by atoms with Crippen molar-refractivity contribution < 1.29 is 13.2 Å². The predicted molar refractivity (Wildman–Crippen MR) is 101 cm³/mol. The molecule has 142 valence electrons. The second-order valence-electron chi connectivity index (χ2n) is 6.67. The van der Waals surface area contributed by atoms with Crippen LogP contribution in [0.5, 0.6) is 0 Å². The molecule has 6 nitrogen and oxygen atoms in total. The van der Waals surface area contributed by atoms with E-state index in [4.69, 9.17) is 5.73 Å². The van der Waals surface area contributed by atoms with Crippen molar-refractivity contribution in [1.82, 2.24) is 10.0 Å². The van der Waals surface area contributed by atoms with Crippen molar-refractivity contribution in [2.24, 2.45) is 11.1 Å². The molecule has 0 aliphatic rings. The van der Waals surface area contributed by atoms with Crippen molar-refractivity contribution >= 4 is 15.9 Å². The van der Waals surface area contributed by atoms with E-state index in [1.165, 1.54) is 0 Å². The summed E-state index contributed by atoms with van der Waals surface area (Å²) in [5.74, 6) is -0.196. The number of hydrogen-bond acceptors (Lipinski definition) is 4. The molecule has 0 radical (unpaired) electrons. The molecular formula is C18H31N3O3S. The van der Waals surface area contributed by atoms with Crippen molar-refractivity contribution in [3.8, 4) is 0 Å². The Morgan fingerprint density at radius 3 is 2.20 bits per heavy atom. The zero-order valence-electron chi connectivity index (χ0n) is 15.6. The van der Waals surface area contributed by atoms with E-state index in [2.05, 4.69) is 10.0 Å². The summed E-state index contributed by atoms with van der Waals surface area (Å²) in [7, 11) is -3.42. The highest BCUT2D eigenvalue weighted by Crippen LogP contribution is 2.25. The number of benzene rings is 1. The Balaban J connectivity index is 2.89. The van der Waals surface area contributed by atoms with Crippen LogP contribution in [0, 0.1) is 5.41 Å². The van der Waals surface area contributed by atoms with Crippen molar-refractivity contribution in [3.63, 3.8) is 0 Å². The number of amides is 1. The quantitative estimate of drug-likeness (QED) is 0.586. The molecule has 0 saturated heterocycles. The summed E-state index contributed by atoms with van der Waals surface area (Å²) >= 11 is 0.